The molecule has 1 aromatic heterocycles. The molecule has 0 bridgehead atoms. The zero-order valence-electron chi connectivity index (χ0n) is 9.62. The molecule has 6 heteroatoms. The molecule has 2 fully saturated rings. The predicted octanol–water partition coefficient (Wildman–Crippen LogP) is 2.51. The summed E-state index contributed by atoms with van der Waals surface area (Å²) in [4.78, 5) is 6.96. The van der Waals surface area contributed by atoms with Crippen LogP contribution in [0.2, 0.25) is 0 Å². The highest BCUT2D eigenvalue weighted by Gasteiger charge is 2.40. The molecule has 0 aromatic carbocycles. The fraction of sp³-hybridized carbons (Fsp3) is 0.727. The third-order valence-corrected chi connectivity index (χ3v) is 5.19. The maximum Gasteiger partial charge on any atom is 0.108 e. The van der Waals surface area contributed by atoms with Gasteiger partial charge in [-0.25, -0.2) is 4.98 Å². The molecular weight excluding hydrogens is 322 g/mol. The number of halogens is 2. The van der Waals surface area contributed by atoms with E-state index in [4.69, 9.17) is 0 Å². The van der Waals surface area contributed by atoms with Crippen LogP contribution in [0.15, 0.2) is 9.98 Å². The quantitative estimate of drug-likeness (QED) is 0.898. The first-order valence-corrected chi connectivity index (χ1v) is 7.40. The molecule has 0 aliphatic carbocycles. The van der Waals surface area contributed by atoms with E-state index in [1.165, 1.54) is 44.0 Å². The molecule has 17 heavy (non-hydrogen) atoms. The van der Waals surface area contributed by atoms with Gasteiger partial charge >= 0.3 is 0 Å². The molecule has 0 saturated carbocycles. The number of hydrogen-bond acceptors (Lipinski definition) is 4. The fourth-order valence-corrected chi connectivity index (χ4v) is 4.20. The summed E-state index contributed by atoms with van der Waals surface area (Å²) in [6.07, 6.45) is 4.61. The van der Waals surface area contributed by atoms with E-state index in [2.05, 4.69) is 31.1 Å². The Kier molecular flexibility index (Phi) is 4.47. The standard InChI is InChI=1S/C11H16BrN3S.ClH/c12-9-5-14-10(16-9)6-15-4-2-11(8-15)1-3-13-7-11;/h5,13H,1-4,6-8H2;1H. The maximum absolute atomic E-state index is 4.41. The number of nitrogens with one attached hydrogen (secondary N) is 1. The van der Waals surface area contributed by atoms with Gasteiger partial charge in [-0.15, -0.1) is 23.7 Å². The summed E-state index contributed by atoms with van der Waals surface area (Å²) in [5.41, 5.74) is 0.578. The lowest BCUT2D eigenvalue weighted by atomic mass is 9.87. The number of rotatable bonds is 2. The molecule has 3 heterocycles. The van der Waals surface area contributed by atoms with Gasteiger partial charge in [-0.1, -0.05) is 0 Å². The lowest BCUT2D eigenvalue weighted by Gasteiger charge is -2.22. The largest absolute Gasteiger partial charge is 0.316 e. The first kappa shape index (κ1) is 13.7. The highest BCUT2D eigenvalue weighted by atomic mass is 79.9. The summed E-state index contributed by atoms with van der Waals surface area (Å²) in [6.45, 7) is 5.93. The Morgan fingerprint density at radius 3 is 3.06 bits per heavy atom. The van der Waals surface area contributed by atoms with E-state index < -0.39 is 0 Å². The van der Waals surface area contributed by atoms with Crippen LogP contribution in [-0.4, -0.2) is 36.1 Å². The van der Waals surface area contributed by atoms with Gasteiger partial charge in [-0.3, -0.25) is 4.90 Å². The molecule has 1 spiro atoms. The topological polar surface area (TPSA) is 28.2 Å². The molecule has 2 aliphatic rings. The smallest absolute Gasteiger partial charge is 0.108 e. The molecule has 96 valence electrons. The SMILES string of the molecule is Brc1cnc(CN2CCC3(CCNC3)C2)s1.Cl. The Bertz CT molecular complexity index is 379. The van der Waals surface area contributed by atoms with Crippen LogP contribution in [0.1, 0.15) is 17.8 Å². The number of hydrogen-bond donors (Lipinski definition) is 1. The first-order valence-electron chi connectivity index (χ1n) is 5.79. The Morgan fingerprint density at radius 2 is 2.41 bits per heavy atom. The maximum atomic E-state index is 4.41. The van der Waals surface area contributed by atoms with E-state index >= 15 is 0 Å². The van der Waals surface area contributed by atoms with E-state index in [0.717, 1.165) is 10.3 Å². The van der Waals surface area contributed by atoms with Crippen LogP contribution in [0.25, 0.3) is 0 Å². The van der Waals surface area contributed by atoms with Crippen molar-refractivity contribution < 1.29 is 0 Å². The average Bonchev–Trinajstić information content (AvgIpc) is 2.94. The predicted molar refractivity (Wildman–Crippen MR) is 76.9 cm³/mol. The van der Waals surface area contributed by atoms with Crippen LogP contribution < -0.4 is 5.32 Å². The highest BCUT2D eigenvalue weighted by Crippen LogP contribution is 2.36. The van der Waals surface area contributed by atoms with Crippen molar-refractivity contribution in [2.75, 3.05) is 26.2 Å². The van der Waals surface area contributed by atoms with Crippen molar-refractivity contribution in [1.29, 1.82) is 0 Å². The van der Waals surface area contributed by atoms with Crippen molar-refractivity contribution in [3.8, 4) is 0 Å². The Hall–Kier alpha value is 0.320. The molecule has 0 amide bonds. The molecule has 1 aromatic rings. The van der Waals surface area contributed by atoms with Gasteiger partial charge in [0.2, 0.25) is 0 Å². The van der Waals surface area contributed by atoms with E-state index in [1.807, 2.05) is 6.20 Å². The van der Waals surface area contributed by atoms with Crippen molar-refractivity contribution in [2.24, 2.45) is 5.41 Å². The zero-order valence-corrected chi connectivity index (χ0v) is 12.8. The van der Waals surface area contributed by atoms with Crippen LogP contribution >= 0.6 is 39.7 Å². The van der Waals surface area contributed by atoms with Gasteiger partial charge in [-0.2, -0.15) is 0 Å². The van der Waals surface area contributed by atoms with Crippen LogP contribution in [-0.2, 0) is 6.54 Å². The van der Waals surface area contributed by atoms with Crippen molar-refractivity contribution >= 4 is 39.7 Å². The van der Waals surface area contributed by atoms with Gasteiger partial charge < -0.3 is 5.32 Å². The molecule has 3 rings (SSSR count). The minimum atomic E-state index is 0. The summed E-state index contributed by atoms with van der Waals surface area (Å²) in [7, 11) is 0. The molecule has 1 unspecified atom stereocenters. The van der Waals surface area contributed by atoms with Crippen LogP contribution in [0, 0.1) is 5.41 Å². The van der Waals surface area contributed by atoms with E-state index in [-0.39, 0.29) is 12.4 Å². The summed E-state index contributed by atoms with van der Waals surface area (Å²) >= 11 is 5.22. The molecule has 1 atom stereocenters. The molecule has 3 nitrogen and oxygen atoms in total. The van der Waals surface area contributed by atoms with E-state index in [0.29, 0.717) is 5.41 Å². The lowest BCUT2D eigenvalue weighted by Crippen LogP contribution is -2.28. The Labute approximate surface area is 121 Å². The Balaban J connectivity index is 0.00000108. The Morgan fingerprint density at radius 1 is 1.53 bits per heavy atom. The minimum Gasteiger partial charge on any atom is -0.316 e. The zero-order chi connectivity index (χ0) is 11.0. The van der Waals surface area contributed by atoms with Crippen LogP contribution in [0.4, 0.5) is 0 Å². The lowest BCUT2D eigenvalue weighted by molar-refractivity contribution is 0.268. The summed E-state index contributed by atoms with van der Waals surface area (Å²) in [6, 6.07) is 0. The van der Waals surface area contributed by atoms with Gasteiger partial charge in [0.25, 0.3) is 0 Å². The molecular formula is C11H17BrClN3S. The number of thiazole rings is 1. The second-order valence-electron chi connectivity index (χ2n) is 4.95. The van der Waals surface area contributed by atoms with E-state index in [9.17, 15) is 0 Å². The monoisotopic (exact) mass is 337 g/mol. The van der Waals surface area contributed by atoms with Gasteiger partial charge in [0.1, 0.15) is 5.01 Å². The molecule has 2 saturated heterocycles. The average molecular weight is 339 g/mol. The fourth-order valence-electron chi connectivity index (χ4n) is 2.86. The van der Waals surface area contributed by atoms with Crippen molar-refractivity contribution in [3.05, 3.63) is 15.0 Å². The number of likely N-dealkylation sites (tertiary alicyclic amines) is 1. The second-order valence-corrected chi connectivity index (χ2v) is 7.44. The summed E-state index contributed by atoms with van der Waals surface area (Å²) in [5.74, 6) is 0. The van der Waals surface area contributed by atoms with Crippen molar-refractivity contribution in [1.82, 2.24) is 15.2 Å². The third-order valence-electron chi connectivity index (χ3n) is 3.73. The molecule has 1 N–H and O–H groups in total. The number of aromatic nitrogens is 1. The highest BCUT2D eigenvalue weighted by molar-refractivity contribution is 9.11. The molecule has 0 radical (unpaired) electrons. The normalized spacial score (nSPS) is 28.8. The van der Waals surface area contributed by atoms with Crippen molar-refractivity contribution in [2.45, 2.75) is 19.4 Å². The number of nitrogens with zero attached hydrogens (tertiary/aromatic N) is 2. The van der Waals surface area contributed by atoms with Gasteiger partial charge in [0.05, 0.1) is 16.5 Å². The minimum absolute atomic E-state index is 0. The van der Waals surface area contributed by atoms with Gasteiger partial charge in [-0.05, 0) is 47.3 Å². The van der Waals surface area contributed by atoms with Gasteiger partial charge in [0, 0.05) is 13.1 Å². The molecule has 2 aliphatic heterocycles. The summed E-state index contributed by atoms with van der Waals surface area (Å²) in [5, 5.41) is 4.73. The van der Waals surface area contributed by atoms with Crippen LogP contribution in [0.3, 0.4) is 0 Å². The van der Waals surface area contributed by atoms with Gasteiger partial charge in [0.15, 0.2) is 0 Å². The first-order chi connectivity index (χ1) is 7.76. The third kappa shape index (κ3) is 3.01. The van der Waals surface area contributed by atoms with Crippen molar-refractivity contribution in [3.63, 3.8) is 0 Å². The summed E-state index contributed by atoms with van der Waals surface area (Å²) < 4.78 is 1.14. The second kappa shape index (κ2) is 5.53. The van der Waals surface area contributed by atoms with Crippen LogP contribution in [0.5, 0.6) is 0 Å². The van der Waals surface area contributed by atoms with E-state index in [1.54, 1.807) is 11.3 Å².